The summed E-state index contributed by atoms with van der Waals surface area (Å²) in [6, 6.07) is 11.1. The lowest BCUT2D eigenvalue weighted by Crippen LogP contribution is -2.43. The van der Waals surface area contributed by atoms with E-state index in [2.05, 4.69) is 21.0 Å². The molecule has 2 amide bonds. The highest BCUT2D eigenvalue weighted by Gasteiger charge is 2.16. The number of para-hydroxylation sites is 1. The van der Waals surface area contributed by atoms with E-state index in [0.717, 1.165) is 0 Å². The molecule has 0 saturated heterocycles. The Balaban J connectivity index is 1.57. The van der Waals surface area contributed by atoms with Crippen molar-refractivity contribution in [3.05, 3.63) is 71.9 Å². The number of aromatic nitrogens is 2. The molecule has 0 aliphatic rings. The molecule has 1 aromatic heterocycles. The quantitative estimate of drug-likeness (QED) is 0.598. The van der Waals surface area contributed by atoms with Gasteiger partial charge in [-0.15, -0.1) is 0 Å². The van der Waals surface area contributed by atoms with E-state index in [1.54, 1.807) is 6.07 Å². The van der Waals surface area contributed by atoms with Crippen molar-refractivity contribution in [3.63, 3.8) is 0 Å². The summed E-state index contributed by atoms with van der Waals surface area (Å²) in [5, 5.41) is 6.45. The van der Waals surface area contributed by atoms with E-state index >= 15 is 0 Å². The van der Waals surface area contributed by atoms with Crippen molar-refractivity contribution in [2.45, 2.75) is 0 Å². The molecular formula is C18H14F2N4O3. The number of carbonyl (C=O) groups excluding carboxylic acids is 2. The maximum Gasteiger partial charge on any atom is 0.276 e. The maximum atomic E-state index is 13.4. The van der Waals surface area contributed by atoms with Gasteiger partial charge in [-0.2, -0.15) is 5.10 Å². The van der Waals surface area contributed by atoms with Gasteiger partial charge in [0, 0.05) is 5.56 Å². The summed E-state index contributed by atoms with van der Waals surface area (Å²) in [5.74, 6) is -2.41. The molecule has 3 N–H and O–H groups in total. The van der Waals surface area contributed by atoms with Crippen molar-refractivity contribution >= 4 is 11.8 Å². The number of nitrogens with one attached hydrogen (secondary N) is 3. The molecule has 27 heavy (non-hydrogen) atoms. The van der Waals surface area contributed by atoms with E-state index < -0.39 is 30.1 Å². The second kappa shape index (κ2) is 8.09. The molecule has 7 nitrogen and oxygen atoms in total. The molecule has 0 radical (unpaired) electrons. The van der Waals surface area contributed by atoms with Crippen molar-refractivity contribution in [3.8, 4) is 17.0 Å². The Hall–Kier alpha value is -3.75. The predicted molar refractivity (Wildman–Crippen MR) is 91.5 cm³/mol. The van der Waals surface area contributed by atoms with Crippen LogP contribution in [-0.4, -0.2) is 28.6 Å². The number of amides is 2. The van der Waals surface area contributed by atoms with Crippen LogP contribution in [0.3, 0.4) is 0 Å². The Labute approximate surface area is 152 Å². The second-order valence-corrected chi connectivity index (χ2v) is 5.39. The second-order valence-electron chi connectivity index (χ2n) is 5.39. The van der Waals surface area contributed by atoms with Crippen LogP contribution in [0.2, 0.25) is 0 Å². The number of hydrogen-bond donors (Lipinski definition) is 3. The first-order chi connectivity index (χ1) is 13.0. The van der Waals surface area contributed by atoms with Crippen LogP contribution in [0.1, 0.15) is 10.4 Å². The summed E-state index contributed by atoms with van der Waals surface area (Å²) < 4.78 is 31.5. The molecule has 0 saturated carbocycles. The van der Waals surface area contributed by atoms with Crippen molar-refractivity contribution in [1.29, 1.82) is 0 Å². The lowest BCUT2D eigenvalue weighted by atomic mass is 10.1. The van der Waals surface area contributed by atoms with Gasteiger partial charge in [0.05, 0.1) is 17.5 Å². The predicted octanol–water partition coefficient (Wildman–Crippen LogP) is 2.19. The number of nitrogens with zero attached hydrogens (tertiary/aromatic N) is 1. The van der Waals surface area contributed by atoms with Gasteiger partial charge in [-0.05, 0) is 36.4 Å². The molecule has 2 aromatic carbocycles. The Morgan fingerprint density at radius 2 is 1.78 bits per heavy atom. The molecule has 3 rings (SSSR count). The van der Waals surface area contributed by atoms with E-state index in [0.29, 0.717) is 11.3 Å². The summed E-state index contributed by atoms with van der Waals surface area (Å²) >= 11 is 0. The first kappa shape index (κ1) is 18.1. The number of H-pyrrole nitrogens is 1. The molecule has 9 heteroatoms. The van der Waals surface area contributed by atoms with Gasteiger partial charge in [-0.1, -0.05) is 12.1 Å². The number of halogens is 2. The smallest absolute Gasteiger partial charge is 0.276 e. The lowest BCUT2D eigenvalue weighted by Gasteiger charge is -2.09. The van der Waals surface area contributed by atoms with Gasteiger partial charge in [0.25, 0.3) is 11.8 Å². The molecule has 0 atom stereocenters. The average Bonchev–Trinajstić information content (AvgIpc) is 3.16. The summed E-state index contributed by atoms with van der Waals surface area (Å²) in [5.41, 5.74) is 5.44. The average molecular weight is 372 g/mol. The Kier molecular flexibility index (Phi) is 5.41. The monoisotopic (exact) mass is 372 g/mol. The fourth-order valence-electron chi connectivity index (χ4n) is 2.23. The van der Waals surface area contributed by atoms with Crippen molar-refractivity contribution in [1.82, 2.24) is 21.0 Å². The maximum absolute atomic E-state index is 13.4. The van der Waals surface area contributed by atoms with Crippen LogP contribution < -0.4 is 15.6 Å². The largest absolute Gasteiger partial charge is 0.481 e. The van der Waals surface area contributed by atoms with Gasteiger partial charge in [-0.3, -0.25) is 25.5 Å². The van der Waals surface area contributed by atoms with Crippen LogP contribution in [0.5, 0.6) is 5.75 Å². The molecular weight excluding hydrogens is 358 g/mol. The summed E-state index contributed by atoms with van der Waals surface area (Å²) in [6.07, 6.45) is 1.27. The van der Waals surface area contributed by atoms with Crippen LogP contribution >= 0.6 is 0 Å². The van der Waals surface area contributed by atoms with Crippen molar-refractivity contribution in [2.24, 2.45) is 0 Å². The number of carbonyl (C=O) groups is 2. The minimum Gasteiger partial charge on any atom is -0.481 e. The Morgan fingerprint density at radius 1 is 1.04 bits per heavy atom. The molecule has 0 aliphatic heterocycles. The highest BCUT2D eigenvalue weighted by Crippen LogP contribution is 2.21. The number of hydrogen-bond acceptors (Lipinski definition) is 4. The summed E-state index contributed by atoms with van der Waals surface area (Å²) in [7, 11) is 0. The normalized spacial score (nSPS) is 10.3. The molecule has 0 fully saturated rings. The van der Waals surface area contributed by atoms with E-state index in [9.17, 15) is 18.4 Å². The van der Waals surface area contributed by atoms with Gasteiger partial charge >= 0.3 is 0 Å². The third-order valence-electron chi connectivity index (χ3n) is 3.53. The highest BCUT2D eigenvalue weighted by molar-refractivity contribution is 6.00. The molecule has 1 heterocycles. The van der Waals surface area contributed by atoms with Gasteiger partial charge in [0.15, 0.2) is 18.2 Å². The minimum absolute atomic E-state index is 0.0765. The SMILES string of the molecule is O=C(COc1ccccc1F)NNC(=O)c1cn[nH]c1-c1ccc(F)cc1. The molecule has 0 aliphatic carbocycles. The molecule has 0 bridgehead atoms. The number of benzene rings is 2. The lowest BCUT2D eigenvalue weighted by molar-refractivity contribution is -0.123. The fourth-order valence-corrected chi connectivity index (χ4v) is 2.23. The summed E-state index contributed by atoms with van der Waals surface area (Å²) in [6.45, 7) is -0.489. The number of aromatic amines is 1. The molecule has 3 aromatic rings. The van der Waals surface area contributed by atoms with E-state index in [4.69, 9.17) is 4.74 Å². The number of ether oxygens (including phenoxy) is 1. The fraction of sp³-hybridized carbons (Fsp3) is 0.0556. The topological polar surface area (TPSA) is 96.1 Å². The van der Waals surface area contributed by atoms with Crippen LogP contribution in [0, 0.1) is 11.6 Å². The molecule has 138 valence electrons. The highest BCUT2D eigenvalue weighted by atomic mass is 19.1. The molecule has 0 spiro atoms. The third kappa shape index (κ3) is 4.46. The van der Waals surface area contributed by atoms with Gasteiger partial charge in [-0.25, -0.2) is 8.78 Å². The first-order valence-electron chi connectivity index (χ1n) is 7.80. The zero-order valence-electron chi connectivity index (χ0n) is 13.8. The number of hydrazine groups is 1. The van der Waals surface area contributed by atoms with Crippen LogP contribution in [0.4, 0.5) is 8.78 Å². The number of rotatable bonds is 5. The van der Waals surface area contributed by atoms with Crippen LogP contribution in [0.25, 0.3) is 11.3 Å². The minimum atomic E-state index is -0.682. The first-order valence-corrected chi connectivity index (χ1v) is 7.80. The van der Waals surface area contributed by atoms with Crippen molar-refractivity contribution in [2.75, 3.05) is 6.61 Å². The van der Waals surface area contributed by atoms with Gasteiger partial charge < -0.3 is 4.74 Å². The van der Waals surface area contributed by atoms with Gasteiger partial charge in [0.1, 0.15) is 5.82 Å². The zero-order valence-corrected chi connectivity index (χ0v) is 13.8. The van der Waals surface area contributed by atoms with Gasteiger partial charge in [0.2, 0.25) is 0 Å². The Bertz CT molecular complexity index is 957. The Morgan fingerprint density at radius 3 is 2.52 bits per heavy atom. The van der Waals surface area contributed by atoms with E-state index in [1.165, 1.54) is 48.7 Å². The molecule has 0 unspecified atom stereocenters. The van der Waals surface area contributed by atoms with Crippen LogP contribution in [-0.2, 0) is 4.79 Å². The standard InChI is InChI=1S/C18H14F2N4O3/c19-12-7-5-11(6-8-12)17-13(9-21-23-17)18(26)24-22-16(25)10-27-15-4-2-1-3-14(15)20/h1-9H,10H2,(H,21,23)(H,22,25)(H,24,26). The van der Waals surface area contributed by atoms with E-state index in [-0.39, 0.29) is 11.3 Å². The van der Waals surface area contributed by atoms with Crippen LogP contribution in [0.15, 0.2) is 54.7 Å². The van der Waals surface area contributed by atoms with Crippen molar-refractivity contribution < 1.29 is 23.1 Å². The summed E-state index contributed by atoms with van der Waals surface area (Å²) in [4.78, 5) is 24.0. The zero-order chi connectivity index (χ0) is 19.2. The van der Waals surface area contributed by atoms with E-state index in [1.807, 2.05) is 0 Å². The third-order valence-corrected chi connectivity index (χ3v) is 3.53.